The van der Waals surface area contributed by atoms with Crippen molar-refractivity contribution in [3.8, 4) is 0 Å². The zero-order chi connectivity index (χ0) is 15.5. The fourth-order valence-electron chi connectivity index (χ4n) is 3.01. The van der Waals surface area contributed by atoms with E-state index in [-0.39, 0.29) is 16.8 Å². The van der Waals surface area contributed by atoms with Crippen LogP contribution in [0.3, 0.4) is 0 Å². The topological polar surface area (TPSA) is 90.0 Å². The van der Waals surface area contributed by atoms with Crippen molar-refractivity contribution < 1.29 is 8.42 Å². The Morgan fingerprint density at radius 2 is 2.10 bits per heavy atom. The summed E-state index contributed by atoms with van der Waals surface area (Å²) in [6.07, 6.45) is 8.22. The summed E-state index contributed by atoms with van der Waals surface area (Å²) in [5.74, 6) is 0.493. The Balaban J connectivity index is 2.10. The van der Waals surface area contributed by atoms with Crippen LogP contribution in [0.5, 0.6) is 0 Å². The predicted molar refractivity (Wildman–Crippen MR) is 83.3 cm³/mol. The molecular weight excluding hydrogens is 288 g/mol. The van der Waals surface area contributed by atoms with Crippen molar-refractivity contribution in [1.82, 2.24) is 14.5 Å². The Labute approximate surface area is 127 Å². The van der Waals surface area contributed by atoms with Crippen molar-refractivity contribution in [3.05, 3.63) is 6.20 Å². The van der Waals surface area contributed by atoms with Gasteiger partial charge in [0.25, 0.3) is 0 Å². The smallest absolute Gasteiger partial charge is 0.246 e. The summed E-state index contributed by atoms with van der Waals surface area (Å²) in [5.41, 5.74) is 5.76. The van der Waals surface area contributed by atoms with Crippen LogP contribution in [-0.2, 0) is 16.6 Å². The summed E-state index contributed by atoms with van der Waals surface area (Å²) in [7, 11) is -3.60. The first-order valence-electron chi connectivity index (χ1n) is 7.79. The van der Waals surface area contributed by atoms with E-state index in [2.05, 4.69) is 9.82 Å². The maximum absolute atomic E-state index is 12.5. The number of nitrogens with one attached hydrogen (secondary N) is 1. The predicted octanol–water partition coefficient (Wildman–Crippen LogP) is 2.12. The van der Waals surface area contributed by atoms with E-state index in [1.807, 2.05) is 13.8 Å². The van der Waals surface area contributed by atoms with E-state index >= 15 is 0 Å². The van der Waals surface area contributed by atoms with E-state index in [1.54, 1.807) is 4.68 Å². The molecule has 0 aromatic carbocycles. The Bertz CT molecular complexity index is 562. The molecule has 0 spiro atoms. The first kappa shape index (κ1) is 16.3. The first-order valence-corrected chi connectivity index (χ1v) is 9.27. The highest BCUT2D eigenvalue weighted by atomic mass is 32.2. The van der Waals surface area contributed by atoms with Crippen LogP contribution in [0.1, 0.15) is 52.4 Å². The van der Waals surface area contributed by atoms with Crippen LogP contribution in [0.4, 0.5) is 5.82 Å². The van der Waals surface area contributed by atoms with E-state index in [1.165, 1.54) is 25.5 Å². The standard InChI is InChI=1S/C14H26N4O2S/c1-3-9-18-10-13(14(15)16-18)21(19,20)17-11(2)12-7-5-4-6-8-12/h10-12,17H,3-9H2,1-2H3,(H2,15,16). The van der Waals surface area contributed by atoms with Crippen molar-refractivity contribution in [1.29, 1.82) is 0 Å². The molecule has 6 nitrogen and oxygen atoms in total. The van der Waals surface area contributed by atoms with Gasteiger partial charge in [-0.3, -0.25) is 4.68 Å². The highest BCUT2D eigenvalue weighted by Gasteiger charge is 2.27. The van der Waals surface area contributed by atoms with Crippen LogP contribution < -0.4 is 10.5 Å². The molecule has 120 valence electrons. The quantitative estimate of drug-likeness (QED) is 0.841. The second kappa shape index (κ2) is 6.79. The molecule has 2 rings (SSSR count). The highest BCUT2D eigenvalue weighted by Crippen LogP contribution is 2.27. The summed E-state index contributed by atoms with van der Waals surface area (Å²) < 4.78 is 29.3. The van der Waals surface area contributed by atoms with Gasteiger partial charge in [0.1, 0.15) is 4.90 Å². The van der Waals surface area contributed by atoms with Gasteiger partial charge in [-0.05, 0) is 32.1 Å². The molecule has 1 atom stereocenters. The Morgan fingerprint density at radius 3 is 2.71 bits per heavy atom. The molecule has 1 aliphatic rings. The van der Waals surface area contributed by atoms with Crippen molar-refractivity contribution in [2.75, 3.05) is 5.73 Å². The molecule has 1 aromatic rings. The van der Waals surface area contributed by atoms with E-state index in [9.17, 15) is 8.42 Å². The fourth-order valence-corrected chi connectivity index (χ4v) is 4.39. The number of nitrogens with two attached hydrogens (primary N) is 1. The maximum atomic E-state index is 12.5. The normalized spacial score (nSPS) is 18.8. The molecular formula is C14H26N4O2S. The number of sulfonamides is 1. The number of nitrogen functional groups attached to an aromatic ring is 1. The minimum atomic E-state index is -3.60. The second-order valence-electron chi connectivity index (χ2n) is 5.95. The van der Waals surface area contributed by atoms with Crippen molar-refractivity contribution in [3.63, 3.8) is 0 Å². The summed E-state index contributed by atoms with van der Waals surface area (Å²) in [4.78, 5) is 0.0959. The maximum Gasteiger partial charge on any atom is 0.246 e. The van der Waals surface area contributed by atoms with Crippen LogP contribution in [-0.4, -0.2) is 24.2 Å². The Morgan fingerprint density at radius 1 is 1.43 bits per heavy atom. The number of nitrogens with zero attached hydrogens (tertiary/aromatic N) is 2. The largest absolute Gasteiger partial charge is 0.381 e. The van der Waals surface area contributed by atoms with E-state index < -0.39 is 10.0 Å². The van der Waals surface area contributed by atoms with Crippen molar-refractivity contribution in [2.45, 2.75) is 69.9 Å². The molecule has 0 amide bonds. The SMILES string of the molecule is CCCn1cc(S(=O)(=O)NC(C)C2CCCCC2)c(N)n1. The van der Waals surface area contributed by atoms with E-state index in [0.717, 1.165) is 19.3 Å². The minimum absolute atomic E-state index is 0.0655. The molecule has 0 radical (unpaired) electrons. The lowest BCUT2D eigenvalue weighted by molar-refractivity contribution is 0.303. The zero-order valence-corrected chi connectivity index (χ0v) is 13.7. The summed E-state index contributed by atoms with van der Waals surface area (Å²) in [5, 5.41) is 4.06. The number of aromatic nitrogens is 2. The Kier molecular flexibility index (Phi) is 5.27. The third kappa shape index (κ3) is 3.97. The molecule has 7 heteroatoms. The van der Waals surface area contributed by atoms with Gasteiger partial charge in [-0.2, -0.15) is 5.10 Å². The van der Waals surface area contributed by atoms with Crippen LogP contribution in [0.15, 0.2) is 11.1 Å². The van der Waals surface area contributed by atoms with Gasteiger partial charge in [0.15, 0.2) is 5.82 Å². The van der Waals surface area contributed by atoms with Crippen molar-refractivity contribution >= 4 is 15.8 Å². The molecule has 0 aliphatic heterocycles. The third-order valence-corrected chi connectivity index (χ3v) is 5.77. The molecule has 3 N–H and O–H groups in total. The average molecular weight is 314 g/mol. The summed E-state index contributed by atoms with van der Waals surface area (Å²) in [6, 6.07) is -0.0655. The summed E-state index contributed by atoms with van der Waals surface area (Å²) in [6.45, 7) is 4.62. The van der Waals surface area contributed by atoms with E-state index in [0.29, 0.717) is 12.5 Å². The van der Waals surface area contributed by atoms with Gasteiger partial charge >= 0.3 is 0 Å². The van der Waals surface area contributed by atoms with Gasteiger partial charge in [0, 0.05) is 18.8 Å². The molecule has 21 heavy (non-hydrogen) atoms. The van der Waals surface area contributed by atoms with Crippen LogP contribution in [0.25, 0.3) is 0 Å². The van der Waals surface area contributed by atoms with Gasteiger partial charge in [-0.15, -0.1) is 0 Å². The van der Waals surface area contributed by atoms with Gasteiger partial charge in [0.2, 0.25) is 10.0 Å². The van der Waals surface area contributed by atoms with Gasteiger partial charge in [-0.1, -0.05) is 26.2 Å². The molecule has 1 unspecified atom stereocenters. The van der Waals surface area contributed by atoms with Gasteiger partial charge in [0.05, 0.1) is 0 Å². The molecule has 1 heterocycles. The first-order chi connectivity index (χ1) is 9.94. The highest BCUT2D eigenvalue weighted by molar-refractivity contribution is 7.89. The zero-order valence-electron chi connectivity index (χ0n) is 12.9. The molecule has 1 fully saturated rings. The minimum Gasteiger partial charge on any atom is -0.381 e. The fraction of sp³-hybridized carbons (Fsp3) is 0.786. The molecule has 1 aliphatic carbocycles. The summed E-state index contributed by atoms with van der Waals surface area (Å²) >= 11 is 0. The number of hydrogen-bond donors (Lipinski definition) is 2. The lowest BCUT2D eigenvalue weighted by Gasteiger charge is -2.27. The van der Waals surface area contributed by atoms with Gasteiger partial charge < -0.3 is 5.73 Å². The molecule has 0 saturated heterocycles. The third-order valence-electron chi connectivity index (χ3n) is 4.20. The monoisotopic (exact) mass is 314 g/mol. The molecule has 1 saturated carbocycles. The van der Waals surface area contributed by atoms with Crippen molar-refractivity contribution in [2.24, 2.45) is 5.92 Å². The van der Waals surface area contributed by atoms with E-state index in [4.69, 9.17) is 5.73 Å². The van der Waals surface area contributed by atoms with Crippen LogP contribution in [0.2, 0.25) is 0 Å². The molecule has 1 aromatic heterocycles. The van der Waals surface area contributed by atoms with Crippen LogP contribution >= 0.6 is 0 Å². The molecule has 0 bridgehead atoms. The number of hydrogen-bond acceptors (Lipinski definition) is 4. The Hall–Kier alpha value is -1.08. The average Bonchev–Trinajstić information content (AvgIpc) is 2.81. The number of anilines is 1. The van der Waals surface area contributed by atoms with Crippen LogP contribution in [0, 0.1) is 5.92 Å². The number of rotatable bonds is 6. The lowest BCUT2D eigenvalue weighted by Crippen LogP contribution is -2.38. The lowest BCUT2D eigenvalue weighted by atomic mass is 9.85. The van der Waals surface area contributed by atoms with Gasteiger partial charge in [-0.25, -0.2) is 13.1 Å². The second-order valence-corrected chi connectivity index (χ2v) is 7.63. The number of aryl methyl sites for hydroxylation is 1.